The van der Waals surface area contributed by atoms with Gasteiger partial charge in [-0.3, -0.25) is 0 Å². The van der Waals surface area contributed by atoms with E-state index in [9.17, 15) is 0 Å². The standard InChI is InChI=1S/C3H11BNPS/c5-3(1-7)4-2-6/h3-4,7H,1-2,5-6H2/t3-/m1/s1. The second-order valence-corrected chi connectivity index (χ2v) is 2.46. The molecule has 0 bridgehead atoms. The van der Waals surface area contributed by atoms with Gasteiger partial charge in [-0.25, -0.2) is 0 Å². The van der Waals surface area contributed by atoms with Gasteiger partial charge in [-0.2, -0.15) is 12.6 Å². The summed E-state index contributed by atoms with van der Waals surface area (Å²) in [6.07, 6.45) is 0. The van der Waals surface area contributed by atoms with Gasteiger partial charge in [-0.05, 0) is 11.7 Å². The number of hydrogen-bond donors (Lipinski definition) is 2. The van der Waals surface area contributed by atoms with E-state index in [4.69, 9.17) is 5.73 Å². The number of nitrogens with two attached hydrogens (primary N) is 1. The normalized spacial score (nSPS) is 13.6. The zero-order chi connectivity index (χ0) is 5.70. The Kier molecular flexibility index (Phi) is 5.52. The lowest BCUT2D eigenvalue weighted by Gasteiger charge is -2.00. The zero-order valence-electron chi connectivity index (χ0n) is 4.30. The molecule has 2 N–H and O–H groups in total. The van der Waals surface area contributed by atoms with Gasteiger partial charge in [0, 0.05) is 0 Å². The predicted octanol–water partition coefficient (Wildman–Crippen LogP) is -0.530. The van der Waals surface area contributed by atoms with Crippen molar-refractivity contribution in [3.05, 3.63) is 0 Å². The first-order valence-corrected chi connectivity index (χ1v) is 3.82. The van der Waals surface area contributed by atoms with E-state index in [1.807, 2.05) is 0 Å². The molecule has 0 aliphatic heterocycles. The van der Waals surface area contributed by atoms with Crippen molar-refractivity contribution in [2.45, 2.75) is 5.94 Å². The third kappa shape index (κ3) is 4.66. The van der Waals surface area contributed by atoms with E-state index >= 15 is 0 Å². The predicted molar refractivity (Wildman–Crippen MR) is 43.6 cm³/mol. The Morgan fingerprint density at radius 1 is 1.86 bits per heavy atom. The van der Waals surface area contributed by atoms with E-state index in [-0.39, 0.29) is 0 Å². The molecule has 0 saturated carbocycles. The maximum absolute atomic E-state index is 5.49. The molecule has 0 amide bonds. The summed E-state index contributed by atoms with van der Waals surface area (Å²) < 4.78 is 0. The molecule has 0 rings (SSSR count). The molecule has 0 heterocycles. The molecule has 0 aliphatic rings. The van der Waals surface area contributed by atoms with Crippen molar-refractivity contribution in [2.75, 3.05) is 11.8 Å². The molecule has 1 unspecified atom stereocenters. The number of hydrogen-bond acceptors (Lipinski definition) is 2. The third-order valence-electron chi connectivity index (χ3n) is 0.772. The molecule has 0 saturated heterocycles. The molecule has 0 fully saturated rings. The van der Waals surface area contributed by atoms with Crippen LogP contribution in [0, 0.1) is 0 Å². The van der Waals surface area contributed by atoms with Crippen LogP contribution in [0.4, 0.5) is 0 Å². The van der Waals surface area contributed by atoms with Crippen LogP contribution in [-0.2, 0) is 0 Å². The fourth-order valence-electron chi connectivity index (χ4n) is 0.305. The fourth-order valence-corrected chi connectivity index (χ4v) is 0.916. The molecule has 0 aromatic rings. The van der Waals surface area contributed by atoms with Gasteiger partial charge < -0.3 is 5.73 Å². The van der Waals surface area contributed by atoms with Gasteiger partial charge in [0.05, 0.1) is 0 Å². The van der Waals surface area contributed by atoms with Crippen LogP contribution in [0.2, 0.25) is 0 Å². The quantitative estimate of drug-likeness (QED) is 0.303. The first-order chi connectivity index (χ1) is 3.31. The second kappa shape index (κ2) is 4.95. The summed E-state index contributed by atoms with van der Waals surface area (Å²) in [6, 6.07) is 1.09. The van der Waals surface area contributed by atoms with E-state index in [0.717, 1.165) is 19.1 Å². The van der Waals surface area contributed by atoms with E-state index in [0.29, 0.717) is 5.94 Å². The van der Waals surface area contributed by atoms with Crippen LogP contribution in [-0.4, -0.2) is 25.0 Å². The first kappa shape index (κ1) is 7.80. The molecule has 42 valence electrons. The lowest BCUT2D eigenvalue weighted by atomic mass is 9.74. The SMILES string of the molecule is N[C@@H](BCP)CS. The van der Waals surface area contributed by atoms with E-state index in [2.05, 4.69) is 21.9 Å². The minimum absolute atomic E-state index is 0.292. The number of rotatable bonds is 3. The van der Waals surface area contributed by atoms with Crippen molar-refractivity contribution in [2.24, 2.45) is 5.73 Å². The highest BCUT2D eigenvalue weighted by Gasteiger charge is 1.96. The van der Waals surface area contributed by atoms with Crippen molar-refractivity contribution in [1.29, 1.82) is 0 Å². The molecule has 0 spiro atoms. The number of thiol groups is 1. The van der Waals surface area contributed by atoms with Crippen LogP contribution in [0.15, 0.2) is 0 Å². The molecular formula is C3H11BNPS. The van der Waals surface area contributed by atoms with Crippen LogP contribution in [0.5, 0.6) is 0 Å². The van der Waals surface area contributed by atoms with Crippen LogP contribution in [0.1, 0.15) is 0 Å². The molecule has 1 nitrogen and oxygen atoms in total. The smallest absolute Gasteiger partial charge is 0.146 e. The Balaban J connectivity index is 2.83. The molecule has 0 aromatic heterocycles. The average molecular weight is 135 g/mol. The zero-order valence-corrected chi connectivity index (χ0v) is 6.35. The van der Waals surface area contributed by atoms with Gasteiger partial charge in [0.25, 0.3) is 0 Å². The van der Waals surface area contributed by atoms with E-state index in [1.165, 1.54) is 0 Å². The van der Waals surface area contributed by atoms with Crippen molar-refractivity contribution < 1.29 is 0 Å². The Morgan fingerprint density at radius 3 is 2.57 bits per heavy atom. The molecule has 0 aromatic carbocycles. The Bertz CT molecular complexity index is 45.9. The van der Waals surface area contributed by atoms with Crippen molar-refractivity contribution in [1.82, 2.24) is 0 Å². The molecule has 2 atom stereocenters. The highest BCUT2D eigenvalue weighted by Crippen LogP contribution is 1.83. The summed E-state index contributed by atoms with van der Waals surface area (Å²) in [5.74, 6) is 1.09. The Labute approximate surface area is 53.3 Å². The second-order valence-electron chi connectivity index (χ2n) is 1.52. The lowest BCUT2D eigenvalue weighted by Crippen LogP contribution is -2.30. The van der Waals surface area contributed by atoms with Gasteiger partial charge >= 0.3 is 0 Å². The summed E-state index contributed by atoms with van der Waals surface area (Å²) >= 11 is 4.02. The van der Waals surface area contributed by atoms with Crippen molar-refractivity contribution in [3.8, 4) is 0 Å². The molecule has 0 radical (unpaired) electrons. The molecule has 7 heavy (non-hydrogen) atoms. The highest BCUT2D eigenvalue weighted by atomic mass is 32.1. The van der Waals surface area contributed by atoms with Crippen LogP contribution in [0.25, 0.3) is 0 Å². The van der Waals surface area contributed by atoms with Crippen LogP contribution >= 0.6 is 21.9 Å². The van der Waals surface area contributed by atoms with Crippen molar-refractivity contribution >= 4 is 29.1 Å². The topological polar surface area (TPSA) is 26.0 Å². The largest absolute Gasteiger partial charge is 0.334 e. The van der Waals surface area contributed by atoms with Crippen LogP contribution < -0.4 is 5.73 Å². The fraction of sp³-hybridized carbons (Fsp3) is 1.00. The monoisotopic (exact) mass is 135 g/mol. The summed E-state index contributed by atoms with van der Waals surface area (Å²) in [4.78, 5) is 0. The average Bonchev–Trinajstić information content (AvgIpc) is 1.68. The maximum Gasteiger partial charge on any atom is 0.146 e. The van der Waals surface area contributed by atoms with Gasteiger partial charge in [-0.15, -0.1) is 9.24 Å². The minimum Gasteiger partial charge on any atom is -0.334 e. The summed E-state index contributed by atoms with van der Waals surface area (Å²) in [7, 11) is 3.70. The molecule has 4 heteroatoms. The van der Waals surface area contributed by atoms with Gasteiger partial charge in [-0.1, -0.05) is 6.06 Å². The lowest BCUT2D eigenvalue weighted by molar-refractivity contribution is 1.03. The van der Waals surface area contributed by atoms with Gasteiger partial charge in [0.1, 0.15) is 7.28 Å². The van der Waals surface area contributed by atoms with Gasteiger partial charge in [0.15, 0.2) is 0 Å². The Hall–Kier alpha value is 0.805. The van der Waals surface area contributed by atoms with Crippen molar-refractivity contribution in [3.63, 3.8) is 0 Å². The molecular weight excluding hydrogens is 124 g/mol. The van der Waals surface area contributed by atoms with E-state index in [1.54, 1.807) is 0 Å². The summed E-state index contributed by atoms with van der Waals surface area (Å²) in [6.45, 7) is 0. The highest BCUT2D eigenvalue weighted by molar-refractivity contribution is 7.80. The maximum atomic E-state index is 5.49. The minimum atomic E-state index is 0.292. The van der Waals surface area contributed by atoms with Crippen LogP contribution in [0.3, 0.4) is 0 Å². The Morgan fingerprint density at radius 2 is 2.43 bits per heavy atom. The summed E-state index contributed by atoms with van der Waals surface area (Å²) in [5.41, 5.74) is 5.49. The van der Waals surface area contributed by atoms with Gasteiger partial charge in [0.2, 0.25) is 0 Å². The van der Waals surface area contributed by atoms with E-state index < -0.39 is 0 Å². The third-order valence-corrected chi connectivity index (χ3v) is 1.57. The molecule has 0 aliphatic carbocycles. The first-order valence-electron chi connectivity index (χ1n) is 2.37. The summed E-state index contributed by atoms with van der Waals surface area (Å²) in [5, 5.41) is 0.